The van der Waals surface area contributed by atoms with Crippen LogP contribution in [0.2, 0.25) is 0 Å². The van der Waals surface area contributed by atoms with E-state index in [1.54, 1.807) is 16.7 Å². The molecule has 146 valence electrons. The van der Waals surface area contributed by atoms with Gasteiger partial charge in [0, 0.05) is 16.4 Å². The summed E-state index contributed by atoms with van der Waals surface area (Å²) < 4.78 is 8.09. The number of carbonyl (C=O) groups is 1. The molecule has 1 heterocycles. The number of aromatic nitrogens is 1. The van der Waals surface area contributed by atoms with Crippen molar-refractivity contribution in [3.8, 4) is 11.6 Å². The lowest BCUT2D eigenvalue weighted by molar-refractivity contribution is -0.120. The van der Waals surface area contributed by atoms with Crippen LogP contribution >= 0.6 is 15.9 Å². The van der Waals surface area contributed by atoms with Crippen LogP contribution in [0.25, 0.3) is 10.9 Å². The Bertz CT molecular complexity index is 1010. The first kappa shape index (κ1) is 20.1. The molecule has 3 aromatic rings. The monoisotopic (exact) mass is 443 g/mol. The number of unbranched alkanes of at least 4 members (excludes halogenated alkanes) is 1. The average Bonchev–Trinajstić information content (AvgIpc) is 2.94. The van der Waals surface area contributed by atoms with Crippen LogP contribution in [0.5, 0.6) is 11.6 Å². The summed E-state index contributed by atoms with van der Waals surface area (Å²) in [6.45, 7) is 4.52. The van der Waals surface area contributed by atoms with Crippen molar-refractivity contribution in [1.29, 1.82) is 0 Å². The van der Waals surface area contributed by atoms with E-state index < -0.39 is 5.91 Å². The molecule has 0 unspecified atom stereocenters. The van der Waals surface area contributed by atoms with Crippen LogP contribution in [-0.4, -0.2) is 22.2 Å². The Balaban J connectivity index is 1.80. The lowest BCUT2D eigenvalue weighted by atomic mass is 10.2. The van der Waals surface area contributed by atoms with Crippen LogP contribution in [0.4, 0.5) is 5.69 Å². The van der Waals surface area contributed by atoms with E-state index in [4.69, 9.17) is 4.74 Å². The molecule has 0 spiro atoms. The summed E-state index contributed by atoms with van der Waals surface area (Å²) in [4.78, 5) is 12.1. The Morgan fingerprint density at radius 1 is 1.21 bits per heavy atom. The Morgan fingerprint density at radius 3 is 2.68 bits per heavy atom. The van der Waals surface area contributed by atoms with Gasteiger partial charge in [0.05, 0.1) is 5.52 Å². The highest BCUT2D eigenvalue weighted by atomic mass is 79.9. The maximum absolute atomic E-state index is 12.1. The zero-order valence-electron chi connectivity index (χ0n) is 15.9. The van der Waals surface area contributed by atoms with Crippen LogP contribution in [0, 0.1) is 6.92 Å². The fraction of sp³-hybridized carbons (Fsp3) is 0.286. The number of benzene rings is 2. The van der Waals surface area contributed by atoms with Crippen LogP contribution in [-0.2, 0) is 11.3 Å². The molecule has 0 aliphatic heterocycles. The summed E-state index contributed by atoms with van der Waals surface area (Å²) >= 11 is 3.44. The van der Waals surface area contributed by atoms with Gasteiger partial charge in [0.2, 0.25) is 5.88 Å². The van der Waals surface area contributed by atoms with E-state index in [1.165, 1.54) is 0 Å². The molecule has 1 amide bonds. The van der Waals surface area contributed by atoms with Crippen LogP contribution in [0.15, 0.2) is 57.2 Å². The van der Waals surface area contributed by atoms with Crippen molar-refractivity contribution in [2.24, 2.45) is 10.2 Å². The van der Waals surface area contributed by atoms with E-state index in [0.717, 1.165) is 33.8 Å². The van der Waals surface area contributed by atoms with Gasteiger partial charge in [-0.25, -0.2) is 0 Å². The smallest absolute Gasteiger partial charge is 0.302 e. The summed E-state index contributed by atoms with van der Waals surface area (Å²) in [5.41, 5.74) is 2.25. The summed E-state index contributed by atoms with van der Waals surface area (Å²) in [6, 6.07) is 13.1. The van der Waals surface area contributed by atoms with Gasteiger partial charge >= 0.3 is 5.91 Å². The molecule has 2 aromatic carbocycles. The van der Waals surface area contributed by atoms with Crippen molar-refractivity contribution < 1.29 is 14.6 Å². The number of ether oxygens (including phenoxy) is 1. The maximum Gasteiger partial charge on any atom is 0.302 e. The number of aryl methyl sites for hydroxylation is 2. The van der Waals surface area contributed by atoms with Crippen LogP contribution < -0.4 is 4.74 Å². The maximum atomic E-state index is 12.1. The quantitative estimate of drug-likeness (QED) is 0.461. The van der Waals surface area contributed by atoms with E-state index in [2.05, 4.69) is 33.1 Å². The molecule has 0 radical (unpaired) electrons. The Hall–Kier alpha value is -2.67. The summed E-state index contributed by atoms with van der Waals surface area (Å²) in [5, 5.41) is 19.1. The summed E-state index contributed by atoms with van der Waals surface area (Å²) in [6.07, 6.45) is 1.93. The normalized spacial score (nSPS) is 11.4. The molecule has 1 N–H and O–H groups in total. The third-order valence-electron chi connectivity index (χ3n) is 4.35. The molecule has 0 saturated heterocycles. The predicted octanol–water partition coefficient (Wildman–Crippen LogP) is 5.91. The van der Waals surface area contributed by atoms with Crippen molar-refractivity contribution in [2.45, 2.75) is 33.2 Å². The van der Waals surface area contributed by atoms with Crippen LogP contribution in [0.3, 0.4) is 0 Å². The first-order chi connectivity index (χ1) is 13.5. The zero-order chi connectivity index (χ0) is 20.1. The molecule has 6 nitrogen and oxygen atoms in total. The minimum Gasteiger partial charge on any atom is -0.493 e. The Kier molecular flexibility index (Phi) is 6.46. The molecular formula is C21H22BrN3O3. The molecule has 0 aliphatic carbocycles. The SMILES string of the molecule is CCCCn1c(O)c(N=NC(=O)COc2ccc(C)cc2)c2cc(Br)ccc21. The molecule has 0 aliphatic rings. The largest absolute Gasteiger partial charge is 0.493 e. The summed E-state index contributed by atoms with van der Waals surface area (Å²) in [5.74, 6) is 0.0825. The van der Waals surface area contributed by atoms with Gasteiger partial charge in [-0.2, -0.15) is 0 Å². The van der Waals surface area contributed by atoms with Gasteiger partial charge in [-0.05, 0) is 43.7 Å². The molecule has 0 bridgehead atoms. The van der Waals surface area contributed by atoms with Gasteiger partial charge in [0.25, 0.3) is 0 Å². The van der Waals surface area contributed by atoms with Gasteiger partial charge in [-0.15, -0.1) is 10.2 Å². The third kappa shape index (κ3) is 4.59. The van der Waals surface area contributed by atoms with Crippen molar-refractivity contribution in [3.63, 3.8) is 0 Å². The van der Waals surface area contributed by atoms with Gasteiger partial charge in [-0.3, -0.25) is 4.79 Å². The number of rotatable bonds is 7. The lowest BCUT2D eigenvalue weighted by Gasteiger charge is -2.05. The van der Waals surface area contributed by atoms with Gasteiger partial charge in [-0.1, -0.05) is 47.0 Å². The van der Waals surface area contributed by atoms with Crippen molar-refractivity contribution in [2.75, 3.05) is 6.61 Å². The number of halogens is 1. The highest BCUT2D eigenvalue weighted by Crippen LogP contribution is 2.40. The first-order valence-electron chi connectivity index (χ1n) is 9.14. The second-order valence-electron chi connectivity index (χ2n) is 6.53. The second-order valence-corrected chi connectivity index (χ2v) is 7.45. The van der Waals surface area contributed by atoms with E-state index in [1.807, 2.05) is 37.3 Å². The predicted molar refractivity (Wildman–Crippen MR) is 112 cm³/mol. The minimum absolute atomic E-state index is 0.0116. The Morgan fingerprint density at radius 2 is 1.96 bits per heavy atom. The molecular weight excluding hydrogens is 422 g/mol. The van der Waals surface area contributed by atoms with E-state index in [0.29, 0.717) is 12.3 Å². The molecule has 0 fully saturated rings. The molecule has 0 atom stereocenters. The molecule has 7 heteroatoms. The number of fused-ring (bicyclic) bond motifs is 1. The van der Waals surface area contributed by atoms with E-state index in [-0.39, 0.29) is 18.2 Å². The van der Waals surface area contributed by atoms with E-state index >= 15 is 0 Å². The number of amides is 1. The zero-order valence-corrected chi connectivity index (χ0v) is 17.4. The number of aromatic hydroxyl groups is 1. The van der Waals surface area contributed by atoms with Crippen LogP contribution in [0.1, 0.15) is 25.3 Å². The number of azo groups is 1. The molecule has 1 aromatic heterocycles. The van der Waals surface area contributed by atoms with Crippen molar-refractivity contribution in [1.82, 2.24) is 4.57 Å². The highest BCUT2D eigenvalue weighted by molar-refractivity contribution is 9.10. The van der Waals surface area contributed by atoms with Gasteiger partial charge in [0.1, 0.15) is 5.75 Å². The lowest BCUT2D eigenvalue weighted by Crippen LogP contribution is -2.07. The van der Waals surface area contributed by atoms with Gasteiger partial charge in [0.15, 0.2) is 12.3 Å². The fourth-order valence-corrected chi connectivity index (χ4v) is 3.21. The first-order valence-corrected chi connectivity index (χ1v) is 9.93. The van der Waals surface area contributed by atoms with Gasteiger partial charge < -0.3 is 14.4 Å². The number of hydrogen-bond donors (Lipinski definition) is 1. The number of carbonyl (C=O) groups excluding carboxylic acids is 1. The summed E-state index contributed by atoms with van der Waals surface area (Å²) in [7, 11) is 0. The number of hydrogen-bond acceptors (Lipinski definition) is 4. The molecule has 3 rings (SSSR count). The van der Waals surface area contributed by atoms with Crippen molar-refractivity contribution in [3.05, 3.63) is 52.5 Å². The highest BCUT2D eigenvalue weighted by Gasteiger charge is 2.17. The standard InChI is InChI=1S/C21H22BrN3O3/c1-3-4-11-25-18-10-7-15(22)12-17(18)20(21(25)27)24-23-19(26)13-28-16-8-5-14(2)6-9-16/h5-10,12,27H,3-4,11,13H2,1-2H3. The van der Waals surface area contributed by atoms with Crippen molar-refractivity contribution >= 4 is 38.4 Å². The Labute approximate surface area is 172 Å². The molecule has 28 heavy (non-hydrogen) atoms. The number of nitrogens with zero attached hydrogens (tertiary/aromatic N) is 3. The topological polar surface area (TPSA) is 76.2 Å². The molecule has 0 saturated carbocycles. The minimum atomic E-state index is -0.524. The third-order valence-corrected chi connectivity index (χ3v) is 4.85. The fourth-order valence-electron chi connectivity index (χ4n) is 2.85. The average molecular weight is 444 g/mol. The second kappa shape index (κ2) is 9.01. The van der Waals surface area contributed by atoms with E-state index in [9.17, 15) is 9.90 Å².